The number of esters is 1. The minimum Gasteiger partial charge on any atom is -0.467 e. The van der Waals surface area contributed by atoms with Crippen molar-refractivity contribution in [1.29, 1.82) is 0 Å². The van der Waals surface area contributed by atoms with Crippen LogP contribution >= 0.6 is 0 Å². The van der Waals surface area contributed by atoms with Crippen molar-refractivity contribution in [1.82, 2.24) is 4.90 Å². The van der Waals surface area contributed by atoms with Crippen LogP contribution in [0.4, 0.5) is 13.6 Å². The van der Waals surface area contributed by atoms with Gasteiger partial charge in [0.25, 0.3) is 0 Å². The number of halogens is 2. The minimum absolute atomic E-state index is 0.203. The maximum atomic E-state index is 13.1. The number of piperidine rings is 1. The molecular formula is C14H21F2NO4. The van der Waals surface area contributed by atoms with Gasteiger partial charge in [0, 0.05) is 17.9 Å². The van der Waals surface area contributed by atoms with Gasteiger partial charge >= 0.3 is 12.1 Å². The van der Waals surface area contributed by atoms with Gasteiger partial charge in [0.05, 0.1) is 7.11 Å². The summed E-state index contributed by atoms with van der Waals surface area (Å²) in [5, 5.41) is 0. The van der Waals surface area contributed by atoms with E-state index in [9.17, 15) is 18.4 Å². The second-order valence-corrected chi connectivity index (χ2v) is 6.64. The quantitative estimate of drug-likeness (QED) is 0.735. The molecule has 5 nitrogen and oxygen atoms in total. The van der Waals surface area contributed by atoms with Crippen LogP contribution in [0.2, 0.25) is 0 Å². The Morgan fingerprint density at radius 1 is 1.24 bits per heavy atom. The zero-order valence-corrected chi connectivity index (χ0v) is 12.6. The van der Waals surface area contributed by atoms with E-state index in [0.29, 0.717) is 6.42 Å². The molecule has 1 heterocycles. The molecule has 2 fully saturated rings. The van der Waals surface area contributed by atoms with Gasteiger partial charge in [-0.2, -0.15) is 0 Å². The monoisotopic (exact) mass is 305 g/mol. The molecule has 1 aliphatic carbocycles. The summed E-state index contributed by atoms with van der Waals surface area (Å²) in [6.45, 7) is 5.15. The number of rotatable bonds is 2. The normalized spacial score (nSPS) is 31.7. The zero-order valence-electron chi connectivity index (χ0n) is 12.6. The lowest BCUT2D eigenvalue weighted by Crippen LogP contribution is -2.53. The van der Waals surface area contributed by atoms with Gasteiger partial charge in [0.1, 0.15) is 11.6 Å². The number of hydrogen-bond acceptors (Lipinski definition) is 4. The summed E-state index contributed by atoms with van der Waals surface area (Å²) in [7, 11) is 1.19. The molecule has 1 saturated carbocycles. The SMILES string of the molecule is COC(=O)[C@H]1[C@H]2C[C@H](C[C@@H]2C(F)F)N1C(=O)OC(C)(C)C. The fraction of sp³-hybridized carbons (Fsp3) is 0.857. The predicted octanol–water partition coefficient (Wildman–Crippen LogP) is 2.44. The van der Waals surface area contributed by atoms with E-state index in [1.54, 1.807) is 20.8 Å². The highest BCUT2D eigenvalue weighted by Crippen LogP contribution is 2.49. The topological polar surface area (TPSA) is 55.8 Å². The van der Waals surface area contributed by atoms with E-state index in [-0.39, 0.29) is 12.5 Å². The van der Waals surface area contributed by atoms with Crippen LogP contribution in [0, 0.1) is 11.8 Å². The van der Waals surface area contributed by atoms with Crippen LogP contribution < -0.4 is 0 Å². The van der Waals surface area contributed by atoms with Gasteiger partial charge in [0.2, 0.25) is 6.43 Å². The highest BCUT2D eigenvalue weighted by atomic mass is 19.3. The summed E-state index contributed by atoms with van der Waals surface area (Å²) >= 11 is 0. The lowest BCUT2D eigenvalue weighted by atomic mass is 9.88. The Labute approximate surface area is 122 Å². The molecule has 1 amide bonds. The molecular weight excluding hydrogens is 284 g/mol. The lowest BCUT2D eigenvalue weighted by molar-refractivity contribution is -0.150. The molecule has 1 saturated heterocycles. The van der Waals surface area contributed by atoms with Crippen LogP contribution in [0.25, 0.3) is 0 Å². The number of alkyl halides is 2. The van der Waals surface area contributed by atoms with Crippen LogP contribution in [0.1, 0.15) is 33.6 Å². The van der Waals surface area contributed by atoms with Gasteiger partial charge < -0.3 is 9.47 Å². The molecule has 0 unspecified atom stereocenters. The Kier molecular flexibility index (Phi) is 4.13. The number of nitrogens with zero attached hydrogens (tertiary/aromatic N) is 1. The second kappa shape index (κ2) is 5.42. The highest BCUT2D eigenvalue weighted by Gasteiger charge is 2.59. The maximum absolute atomic E-state index is 13.1. The first-order chi connectivity index (χ1) is 9.65. The number of methoxy groups -OCH3 is 1. The average molecular weight is 305 g/mol. The lowest BCUT2D eigenvalue weighted by Gasteiger charge is -2.37. The summed E-state index contributed by atoms with van der Waals surface area (Å²) < 4.78 is 36.1. The Bertz CT molecular complexity index is 435. The number of hydrogen-bond donors (Lipinski definition) is 0. The Balaban J connectivity index is 2.22. The van der Waals surface area contributed by atoms with Crippen LogP contribution in [0.3, 0.4) is 0 Å². The van der Waals surface area contributed by atoms with Gasteiger partial charge in [-0.15, -0.1) is 0 Å². The number of carbonyl (C=O) groups excluding carboxylic acids is 2. The summed E-state index contributed by atoms with van der Waals surface area (Å²) in [5.41, 5.74) is -0.707. The van der Waals surface area contributed by atoms with Gasteiger partial charge in [0.15, 0.2) is 0 Å². The smallest absolute Gasteiger partial charge is 0.411 e. The van der Waals surface area contributed by atoms with Gasteiger partial charge in [-0.1, -0.05) is 0 Å². The van der Waals surface area contributed by atoms with Crippen LogP contribution in [-0.2, 0) is 14.3 Å². The largest absolute Gasteiger partial charge is 0.467 e. The van der Waals surface area contributed by atoms with E-state index >= 15 is 0 Å². The molecule has 0 radical (unpaired) electrons. The van der Waals surface area contributed by atoms with E-state index in [1.807, 2.05) is 0 Å². The maximum Gasteiger partial charge on any atom is 0.411 e. The summed E-state index contributed by atoms with van der Waals surface area (Å²) in [4.78, 5) is 25.5. The van der Waals surface area contributed by atoms with Crippen LogP contribution in [0.15, 0.2) is 0 Å². The first-order valence-electron chi connectivity index (χ1n) is 7.03. The predicted molar refractivity (Wildman–Crippen MR) is 69.9 cm³/mol. The number of ether oxygens (including phenoxy) is 2. The Hall–Kier alpha value is -1.40. The van der Waals surface area contributed by atoms with Gasteiger partial charge in [-0.3, -0.25) is 4.90 Å². The molecule has 0 N–H and O–H groups in total. The van der Waals surface area contributed by atoms with Crippen molar-refractivity contribution in [3.05, 3.63) is 0 Å². The van der Waals surface area contributed by atoms with Crippen molar-refractivity contribution in [3.63, 3.8) is 0 Å². The highest BCUT2D eigenvalue weighted by molar-refractivity contribution is 5.83. The van der Waals surface area contributed by atoms with Crippen molar-refractivity contribution in [2.45, 2.75) is 57.7 Å². The molecule has 7 heteroatoms. The van der Waals surface area contributed by atoms with E-state index in [4.69, 9.17) is 9.47 Å². The molecule has 0 spiro atoms. The summed E-state index contributed by atoms with van der Waals surface area (Å²) in [5.74, 6) is -2.08. The molecule has 2 rings (SSSR count). The zero-order chi connectivity index (χ0) is 15.9. The second-order valence-electron chi connectivity index (χ2n) is 6.64. The van der Waals surface area contributed by atoms with Crippen LogP contribution in [0.5, 0.6) is 0 Å². The molecule has 4 atom stereocenters. The molecule has 2 aliphatic rings. The third-order valence-corrected chi connectivity index (χ3v) is 4.11. The molecule has 0 aromatic carbocycles. The molecule has 0 aromatic rings. The fourth-order valence-corrected chi connectivity index (χ4v) is 3.37. The third kappa shape index (κ3) is 2.96. The van der Waals surface area contributed by atoms with Crippen molar-refractivity contribution in [2.24, 2.45) is 11.8 Å². The Morgan fingerprint density at radius 2 is 1.86 bits per heavy atom. The van der Waals surface area contributed by atoms with Crippen molar-refractivity contribution in [3.8, 4) is 0 Å². The van der Waals surface area contributed by atoms with E-state index in [0.717, 1.165) is 0 Å². The summed E-state index contributed by atoms with van der Waals surface area (Å²) in [6.07, 6.45) is -2.53. The first-order valence-corrected chi connectivity index (χ1v) is 7.03. The van der Waals surface area contributed by atoms with E-state index in [1.165, 1.54) is 12.0 Å². The van der Waals surface area contributed by atoms with Crippen LogP contribution in [-0.4, -0.2) is 48.2 Å². The first kappa shape index (κ1) is 16.0. The summed E-state index contributed by atoms with van der Waals surface area (Å²) in [6, 6.07) is -1.35. The number of amides is 1. The van der Waals surface area contributed by atoms with Gasteiger partial charge in [-0.05, 0) is 33.6 Å². The molecule has 1 aliphatic heterocycles. The number of fused-ring (bicyclic) bond motifs is 2. The molecule has 0 aromatic heterocycles. The Morgan fingerprint density at radius 3 is 2.33 bits per heavy atom. The van der Waals surface area contributed by atoms with Crippen molar-refractivity contribution in [2.75, 3.05) is 7.11 Å². The number of likely N-dealkylation sites (tertiary alicyclic amines) is 1. The standard InChI is InChI=1S/C14H21F2NO4/c1-14(2,3)21-13(19)17-7-5-8(9(6-7)11(15)16)10(17)12(18)20-4/h7-11H,5-6H2,1-4H3/t7-,8+,9+,10-/m1/s1. The molecule has 120 valence electrons. The third-order valence-electron chi connectivity index (χ3n) is 4.11. The number of carbonyl (C=O) groups is 2. The fourth-order valence-electron chi connectivity index (χ4n) is 3.37. The minimum atomic E-state index is -2.49. The van der Waals surface area contributed by atoms with E-state index in [2.05, 4.69) is 0 Å². The van der Waals surface area contributed by atoms with Crippen molar-refractivity contribution >= 4 is 12.1 Å². The van der Waals surface area contributed by atoms with Crippen molar-refractivity contribution < 1.29 is 27.8 Å². The molecule has 21 heavy (non-hydrogen) atoms. The average Bonchev–Trinajstić information content (AvgIpc) is 2.92. The van der Waals surface area contributed by atoms with E-state index < -0.39 is 42.0 Å². The molecule has 2 bridgehead atoms. The van der Waals surface area contributed by atoms with Gasteiger partial charge in [-0.25, -0.2) is 18.4 Å².